The van der Waals surface area contributed by atoms with Gasteiger partial charge in [-0.1, -0.05) is 18.2 Å². The molecule has 232 valence electrons. The SMILES string of the molecule is CSCCC(N)C(=O)NC(CCSC)C(=O)NC(CCCN=C(N)N)C(=O)NC(Cc1c[nH]c2ccccc12)C(=O)O. The Hall–Kier alpha value is -3.43. The zero-order valence-corrected chi connectivity index (χ0v) is 25.6. The molecule has 0 aliphatic rings. The normalized spacial score (nSPS) is 13.9. The fourth-order valence-electron chi connectivity index (χ4n) is 4.20. The van der Waals surface area contributed by atoms with E-state index in [2.05, 4.69) is 25.9 Å². The molecule has 0 saturated carbocycles. The second-order valence-corrected chi connectivity index (χ2v) is 11.7. The minimum atomic E-state index is -1.25. The number of fused-ring (bicyclic) bond motifs is 1. The minimum absolute atomic E-state index is 0.0279. The maximum atomic E-state index is 13.4. The lowest BCUT2D eigenvalue weighted by Crippen LogP contribution is -2.57. The molecule has 0 saturated heterocycles. The van der Waals surface area contributed by atoms with Gasteiger partial charge in [0.25, 0.3) is 0 Å². The number of carbonyl (C=O) groups excluding carboxylic acids is 3. The molecular weight excluding hydrogens is 580 g/mol. The number of hydrogen-bond donors (Lipinski definition) is 8. The number of amides is 3. The summed E-state index contributed by atoms with van der Waals surface area (Å²) in [4.78, 5) is 58.6. The molecule has 2 aromatic rings. The number of nitrogens with one attached hydrogen (secondary N) is 4. The lowest BCUT2D eigenvalue weighted by molar-refractivity contribution is -0.142. The Labute approximate surface area is 254 Å². The van der Waals surface area contributed by atoms with Gasteiger partial charge in [-0.25, -0.2) is 4.79 Å². The molecule has 13 nitrogen and oxygen atoms in total. The molecule has 1 aromatic carbocycles. The number of nitrogens with two attached hydrogens (primary N) is 3. The van der Waals surface area contributed by atoms with Gasteiger partial charge < -0.3 is 43.2 Å². The number of aromatic nitrogens is 1. The lowest BCUT2D eigenvalue weighted by Gasteiger charge is -2.25. The number of carboxylic acid groups (broad SMARTS) is 1. The van der Waals surface area contributed by atoms with Crippen LogP contribution >= 0.6 is 23.5 Å². The summed E-state index contributed by atoms with van der Waals surface area (Å²) in [5.41, 5.74) is 18.4. The largest absolute Gasteiger partial charge is 0.480 e. The van der Waals surface area contributed by atoms with Crippen LogP contribution in [-0.4, -0.2) is 94.5 Å². The number of guanidine groups is 1. The summed E-state index contributed by atoms with van der Waals surface area (Å²) in [6.45, 7) is 0.205. The van der Waals surface area contributed by atoms with Gasteiger partial charge >= 0.3 is 5.97 Å². The van der Waals surface area contributed by atoms with Crippen molar-refractivity contribution in [2.24, 2.45) is 22.2 Å². The molecule has 0 radical (unpaired) electrons. The molecule has 1 heterocycles. The van der Waals surface area contributed by atoms with E-state index in [1.54, 1.807) is 18.0 Å². The predicted octanol–water partition coefficient (Wildman–Crippen LogP) is 0.137. The van der Waals surface area contributed by atoms with E-state index in [4.69, 9.17) is 17.2 Å². The number of carbonyl (C=O) groups is 4. The maximum Gasteiger partial charge on any atom is 0.326 e. The fraction of sp³-hybridized carbons (Fsp3) is 0.519. The van der Waals surface area contributed by atoms with Crippen LogP contribution in [0, 0.1) is 0 Å². The molecule has 4 atom stereocenters. The summed E-state index contributed by atoms with van der Waals surface area (Å²) in [6.07, 6.45) is 6.75. The molecule has 42 heavy (non-hydrogen) atoms. The summed E-state index contributed by atoms with van der Waals surface area (Å²) in [7, 11) is 0. The molecule has 2 rings (SSSR count). The Balaban J connectivity index is 2.20. The molecule has 4 unspecified atom stereocenters. The number of aliphatic carboxylic acids is 1. The van der Waals surface area contributed by atoms with Crippen LogP contribution in [0.25, 0.3) is 10.9 Å². The highest BCUT2D eigenvalue weighted by molar-refractivity contribution is 7.98. The molecule has 1 aromatic heterocycles. The quantitative estimate of drug-likeness (QED) is 0.0600. The minimum Gasteiger partial charge on any atom is -0.480 e. The summed E-state index contributed by atoms with van der Waals surface area (Å²) < 4.78 is 0. The van der Waals surface area contributed by atoms with Crippen LogP contribution in [0.5, 0.6) is 0 Å². The van der Waals surface area contributed by atoms with E-state index < -0.39 is 47.9 Å². The Morgan fingerprint density at radius 2 is 1.50 bits per heavy atom. The van der Waals surface area contributed by atoms with Gasteiger partial charge in [-0.05, 0) is 61.3 Å². The van der Waals surface area contributed by atoms with Gasteiger partial charge in [0.1, 0.15) is 18.1 Å². The first kappa shape index (κ1) is 34.8. The van der Waals surface area contributed by atoms with Crippen LogP contribution < -0.4 is 33.2 Å². The van der Waals surface area contributed by atoms with Crippen molar-refractivity contribution in [2.45, 2.75) is 56.3 Å². The number of aliphatic imine (C=N–C) groups is 1. The monoisotopic (exact) mass is 622 g/mol. The number of H-pyrrole nitrogens is 1. The van der Waals surface area contributed by atoms with E-state index in [1.807, 2.05) is 36.8 Å². The molecule has 11 N–H and O–H groups in total. The maximum absolute atomic E-state index is 13.4. The van der Waals surface area contributed by atoms with E-state index in [0.717, 1.165) is 16.5 Å². The molecule has 3 amide bonds. The van der Waals surface area contributed by atoms with E-state index >= 15 is 0 Å². The van der Waals surface area contributed by atoms with Crippen molar-refractivity contribution in [1.82, 2.24) is 20.9 Å². The number of nitrogens with zero attached hydrogens (tertiary/aromatic N) is 1. The second-order valence-electron chi connectivity index (χ2n) is 9.70. The highest BCUT2D eigenvalue weighted by Crippen LogP contribution is 2.19. The molecule has 0 aliphatic carbocycles. The van der Waals surface area contributed by atoms with Gasteiger partial charge in [0.05, 0.1) is 6.04 Å². The number of thioether (sulfide) groups is 2. The average Bonchev–Trinajstić information content (AvgIpc) is 3.37. The van der Waals surface area contributed by atoms with Gasteiger partial charge in [-0.15, -0.1) is 0 Å². The third kappa shape index (κ3) is 11.4. The van der Waals surface area contributed by atoms with Crippen LogP contribution in [-0.2, 0) is 25.6 Å². The number of para-hydroxylation sites is 1. The summed E-state index contributed by atoms with van der Waals surface area (Å²) in [5, 5.41) is 18.7. The highest BCUT2D eigenvalue weighted by Gasteiger charge is 2.30. The Morgan fingerprint density at radius 3 is 2.14 bits per heavy atom. The first-order valence-electron chi connectivity index (χ1n) is 13.5. The standard InChI is InChI=1S/C27H42N8O5S2/c1-41-12-9-18(28)23(36)33-21(10-13-42-2)25(38)34-20(8-5-11-31-27(29)30)24(37)35-22(26(39)40)14-16-15-32-19-7-4-3-6-17(16)19/h3-4,6-7,15,18,20-22,32H,5,8-14,28H2,1-2H3,(H,33,36)(H,34,38)(H,35,37)(H,39,40)(H4,29,30,31). The van der Waals surface area contributed by atoms with Crippen LogP contribution in [0.4, 0.5) is 0 Å². The number of aromatic amines is 1. The van der Waals surface area contributed by atoms with Gasteiger partial charge in [0.15, 0.2) is 5.96 Å². The van der Waals surface area contributed by atoms with Crippen molar-refractivity contribution in [3.63, 3.8) is 0 Å². The van der Waals surface area contributed by atoms with Crippen molar-refractivity contribution in [1.29, 1.82) is 0 Å². The second kappa shape index (κ2) is 18.2. The third-order valence-electron chi connectivity index (χ3n) is 6.51. The molecule has 0 aliphatic heterocycles. The highest BCUT2D eigenvalue weighted by atomic mass is 32.2. The number of benzene rings is 1. The van der Waals surface area contributed by atoms with Crippen molar-refractivity contribution in [3.05, 3.63) is 36.0 Å². The van der Waals surface area contributed by atoms with Gasteiger partial charge in [0.2, 0.25) is 17.7 Å². The Morgan fingerprint density at radius 1 is 0.905 bits per heavy atom. The van der Waals surface area contributed by atoms with Crippen LogP contribution in [0.2, 0.25) is 0 Å². The molecule has 15 heteroatoms. The van der Waals surface area contributed by atoms with Crippen molar-refractivity contribution in [2.75, 3.05) is 30.6 Å². The zero-order chi connectivity index (χ0) is 31.1. The average molecular weight is 623 g/mol. The van der Waals surface area contributed by atoms with Crippen LogP contribution in [0.3, 0.4) is 0 Å². The molecule has 0 spiro atoms. The predicted molar refractivity (Wildman–Crippen MR) is 169 cm³/mol. The first-order valence-corrected chi connectivity index (χ1v) is 16.3. The van der Waals surface area contributed by atoms with E-state index in [1.165, 1.54) is 11.8 Å². The fourth-order valence-corrected chi connectivity index (χ4v) is 5.16. The lowest BCUT2D eigenvalue weighted by atomic mass is 10.0. The summed E-state index contributed by atoms with van der Waals surface area (Å²) >= 11 is 3.07. The van der Waals surface area contributed by atoms with Crippen molar-refractivity contribution >= 4 is 64.1 Å². The van der Waals surface area contributed by atoms with Crippen LogP contribution in [0.1, 0.15) is 31.2 Å². The van der Waals surface area contributed by atoms with Gasteiger partial charge in [-0.2, -0.15) is 23.5 Å². The van der Waals surface area contributed by atoms with Crippen molar-refractivity contribution in [3.8, 4) is 0 Å². The van der Waals surface area contributed by atoms with E-state index in [0.29, 0.717) is 30.8 Å². The smallest absolute Gasteiger partial charge is 0.326 e. The Kier molecular flexibility index (Phi) is 15.1. The number of carboxylic acids is 1. The summed E-state index contributed by atoms with van der Waals surface area (Å²) in [5.74, 6) is -1.76. The van der Waals surface area contributed by atoms with Gasteiger partial charge in [-0.3, -0.25) is 19.4 Å². The van der Waals surface area contributed by atoms with Gasteiger partial charge in [0, 0.05) is 30.1 Å². The molecule has 0 fully saturated rings. The molecule has 0 bridgehead atoms. The third-order valence-corrected chi connectivity index (χ3v) is 7.79. The van der Waals surface area contributed by atoms with E-state index in [-0.39, 0.29) is 25.3 Å². The van der Waals surface area contributed by atoms with Crippen molar-refractivity contribution < 1.29 is 24.3 Å². The Bertz CT molecular complexity index is 1220. The van der Waals surface area contributed by atoms with Crippen LogP contribution in [0.15, 0.2) is 35.5 Å². The first-order chi connectivity index (χ1) is 20.1. The number of hydrogen-bond acceptors (Lipinski definition) is 8. The van der Waals surface area contributed by atoms with E-state index in [9.17, 15) is 24.3 Å². The topological polar surface area (TPSA) is 231 Å². The molecular formula is C27H42N8O5S2. The zero-order valence-electron chi connectivity index (χ0n) is 23.9. The number of rotatable bonds is 19. The summed E-state index contributed by atoms with van der Waals surface area (Å²) in [6, 6.07) is 3.38.